The van der Waals surface area contributed by atoms with Crippen LogP contribution in [0.4, 0.5) is 5.69 Å². The van der Waals surface area contributed by atoms with Crippen molar-refractivity contribution in [3.8, 4) is 0 Å². The van der Waals surface area contributed by atoms with Gasteiger partial charge in [0.15, 0.2) is 0 Å². The molecular weight excluding hydrogens is 461 g/mol. The van der Waals surface area contributed by atoms with E-state index in [0.29, 0.717) is 6.42 Å². The van der Waals surface area contributed by atoms with Crippen LogP contribution in [0.3, 0.4) is 0 Å². The van der Waals surface area contributed by atoms with Gasteiger partial charge in [0.25, 0.3) is 0 Å². The largest absolute Gasteiger partial charge is 0.357 e. The number of halogens is 2. The van der Waals surface area contributed by atoms with Crippen molar-refractivity contribution >= 4 is 50.7 Å². The maximum Gasteiger partial charge on any atom is 0.244 e. The molecule has 0 aliphatic carbocycles. The van der Waals surface area contributed by atoms with Crippen LogP contribution in [0.1, 0.15) is 18.9 Å². The van der Waals surface area contributed by atoms with Crippen molar-refractivity contribution in [3.05, 3.63) is 64.1 Å². The van der Waals surface area contributed by atoms with E-state index in [1.165, 1.54) is 30.1 Å². The fourth-order valence-corrected chi connectivity index (χ4v) is 4.51. The molecule has 0 aliphatic rings. The number of carbonyl (C=O) groups excluding carboxylic acids is 2. The first-order valence-electron chi connectivity index (χ1n) is 9.55. The summed E-state index contributed by atoms with van der Waals surface area (Å²) in [5.74, 6) is -0.857. The van der Waals surface area contributed by atoms with Crippen LogP contribution in [0.25, 0.3) is 0 Å². The van der Waals surface area contributed by atoms with Crippen LogP contribution in [0, 0.1) is 0 Å². The summed E-state index contributed by atoms with van der Waals surface area (Å²) in [6.45, 7) is 1.44. The summed E-state index contributed by atoms with van der Waals surface area (Å²) in [5.41, 5.74) is 0.982. The Morgan fingerprint density at radius 2 is 1.65 bits per heavy atom. The highest BCUT2D eigenvalue weighted by molar-refractivity contribution is 7.92. The molecule has 0 saturated carbocycles. The fraction of sp³-hybridized carbons (Fsp3) is 0.333. The zero-order valence-electron chi connectivity index (χ0n) is 17.5. The monoisotopic (exact) mass is 485 g/mol. The molecule has 168 valence electrons. The highest BCUT2D eigenvalue weighted by atomic mass is 35.5. The lowest BCUT2D eigenvalue weighted by Crippen LogP contribution is -2.51. The molecule has 0 unspecified atom stereocenters. The standard InChI is InChI=1S/C21H25Cl2N3O4S/c1-4-19(21(28)24-2)25(13-15-8-6-5-7-9-15)20(27)14-26(31(3,29)30)18-11-16(22)10-17(23)12-18/h5-12,19H,4,13-14H2,1-3H3,(H,24,28)/t19-/m1/s1. The minimum Gasteiger partial charge on any atom is -0.357 e. The number of likely N-dealkylation sites (N-methyl/N-ethyl adjacent to an activating group) is 1. The summed E-state index contributed by atoms with van der Waals surface area (Å²) < 4.78 is 25.9. The Kier molecular flexibility index (Phi) is 8.73. The lowest BCUT2D eigenvalue weighted by molar-refractivity contribution is -0.140. The maximum atomic E-state index is 13.3. The molecule has 1 atom stereocenters. The van der Waals surface area contributed by atoms with Crippen molar-refractivity contribution in [2.24, 2.45) is 0 Å². The fourth-order valence-electron chi connectivity index (χ4n) is 3.16. The summed E-state index contributed by atoms with van der Waals surface area (Å²) in [4.78, 5) is 27.2. The normalized spacial score (nSPS) is 12.2. The number of hydrogen-bond donors (Lipinski definition) is 1. The van der Waals surface area contributed by atoms with Gasteiger partial charge in [-0.3, -0.25) is 13.9 Å². The molecule has 1 N–H and O–H groups in total. The molecule has 0 bridgehead atoms. The molecule has 0 heterocycles. The van der Waals surface area contributed by atoms with Crippen molar-refractivity contribution in [2.75, 3.05) is 24.2 Å². The third-order valence-corrected chi connectivity index (χ3v) is 6.22. The van der Waals surface area contributed by atoms with Gasteiger partial charge in [-0.05, 0) is 30.2 Å². The molecule has 0 aromatic heterocycles. The van der Waals surface area contributed by atoms with Crippen LogP contribution in [-0.4, -0.2) is 51.0 Å². The predicted molar refractivity (Wildman–Crippen MR) is 124 cm³/mol. The minimum atomic E-state index is -3.84. The lowest BCUT2D eigenvalue weighted by atomic mass is 10.1. The molecule has 2 aromatic carbocycles. The molecule has 0 radical (unpaired) electrons. The van der Waals surface area contributed by atoms with Gasteiger partial charge < -0.3 is 10.2 Å². The zero-order chi connectivity index (χ0) is 23.2. The summed E-state index contributed by atoms with van der Waals surface area (Å²) in [5, 5.41) is 3.04. The molecule has 2 aromatic rings. The first-order chi connectivity index (χ1) is 14.6. The van der Waals surface area contributed by atoms with E-state index in [-0.39, 0.29) is 28.2 Å². The van der Waals surface area contributed by atoms with Crippen LogP contribution in [0.2, 0.25) is 10.0 Å². The second-order valence-electron chi connectivity index (χ2n) is 6.94. The van der Waals surface area contributed by atoms with E-state index in [0.717, 1.165) is 16.1 Å². The Morgan fingerprint density at radius 1 is 1.06 bits per heavy atom. The Labute approximate surface area is 193 Å². The summed E-state index contributed by atoms with van der Waals surface area (Å²) in [7, 11) is -2.35. The smallest absolute Gasteiger partial charge is 0.244 e. The second kappa shape index (κ2) is 10.8. The van der Waals surface area contributed by atoms with Gasteiger partial charge in [0, 0.05) is 23.6 Å². The van der Waals surface area contributed by atoms with Crippen LogP contribution < -0.4 is 9.62 Å². The second-order valence-corrected chi connectivity index (χ2v) is 9.72. The number of nitrogens with zero attached hydrogens (tertiary/aromatic N) is 2. The number of amides is 2. The van der Waals surface area contributed by atoms with Crippen LogP contribution in [-0.2, 0) is 26.2 Å². The molecule has 0 aliphatic heterocycles. The van der Waals surface area contributed by atoms with E-state index in [4.69, 9.17) is 23.2 Å². The van der Waals surface area contributed by atoms with Gasteiger partial charge in [-0.25, -0.2) is 8.42 Å². The number of rotatable bonds is 9. The average Bonchev–Trinajstić information content (AvgIpc) is 2.70. The third kappa shape index (κ3) is 6.85. The van der Waals surface area contributed by atoms with Crippen LogP contribution >= 0.6 is 23.2 Å². The number of sulfonamides is 1. The Bertz CT molecular complexity index is 1010. The van der Waals surface area contributed by atoms with Gasteiger partial charge in [0.05, 0.1) is 11.9 Å². The number of hydrogen-bond acceptors (Lipinski definition) is 4. The van der Waals surface area contributed by atoms with Gasteiger partial charge in [0.2, 0.25) is 21.8 Å². The van der Waals surface area contributed by atoms with Gasteiger partial charge in [-0.1, -0.05) is 60.5 Å². The summed E-state index contributed by atoms with van der Waals surface area (Å²) >= 11 is 12.1. The first kappa shape index (κ1) is 25.0. The third-order valence-electron chi connectivity index (χ3n) is 4.64. The topological polar surface area (TPSA) is 86.8 Å². The van der Waals surface area contributed by atoms with Crippen LogP contribution in [0.15, 0.2) is 48.5 Å². The number of benzene rings is 2. The van der Waals surface area contributed by atoms with Crippen molar-refractivity contribution in [1.29, 1.82) is 0 Å². The van der Waals surface area contributed by atoms with E-state index >= 15 is 0 Å². The quantitative estimate of drug-likeness (QED) is 0.589. The highest BCUT2D eigenvalue weighted by Gasteiger charge is 2.31. The van der Waals surface area contributed by atoms with E-state index in [2.05, 4.69) is 5.32 Å². The molecule has 2 rings (SSSR count). The van der Waals surface area contributed by atoms with Crippen LogP contribution in [0.5, 0.6) is 0 Å². The van der Waals surface area contributed by atoms with Gasteiger partial charge in [0.1, 0.15) is 12.6 Å². The van der Waals surface area contributed by atoms with Gasteiger partial charge >= 0.3 is 0 Å². The van der Waals surface area contributed by atoms with E-state index in [1.54, 1.807) is 6.92 Å². The SMILES string of the molecule is CC[C@H](C(=O)NC)N(Cc1ccccc1)C(=O)CN(c1cc(Cl)cc(Cl)c1)S(C)(=O)=O. The molecule has 10 heteroatoms. The molecule has 0 spiro atoms. The van der Waals surface area contributed by atoms with Crippen molar-refractivity contribution in [3.63, 3.8) is 0 Å². The molecule has 0 fully saturated rings. The molecular formula is C21H25Cl2N3O4S. The summed E-state index contributed by atoms with van der Waals surface area (Å²) in [6.07, 6.45) is 1.35. The lowest BCUT2D eigenvalue weighted by Gasteiger charge is -2.32. The Balaban J connectivity index is 2.44. The van der Waals surface area contributed by atoms with Gasteiger partial charge in [-0.15, -0.1) is 0 Å². The summed E-state index contributed by atoms with van der Waals surface area (Å²) in [6, 6.07) is 12.7. The maximum absolute atomic E-state index is 13.3. The molecule has 0 saturated heterocycles. The average molecular weight is 486 g/mol. The van der Waals surface area contributed by atoms with E-state index < -0.39 is 28.5 Å². The van der Waals surface area contributed by atoms with Crippen molar-refractivity contribution < 1.29 is 18.0 Å². The van der Waals surface area contributed by atoms with Crippen molar-refractivity contribution in [2.45, 2.75) is 25.9 Å². The zero-order valence-corrected chi connectivity index (χ0v) is 19.8. The minimum absolute atomic E-state index is 0.152. The Morgan fingerprint density at radius 3 is 2.13 bits per heavy atom. The highest BCUT2D eigenvalue weighted by Crippen LogP contribution is 2.27. The number of carbonyl (C=O) groups is 2. The molecule has 7 nitrogen and oxygen atoms in total. The molecule has 31 heavy (non-hydrogen) atoms. The number of nitrogens with one attached hydrogen (secondary N) is 1. The first-order valence-corrected chi connectivity index (χ1v) is 12.2. The Hall–Kier alpha value is -2.29. The van der Waals surface area contributed by atoms with E-state index in [1.807, 2.05) is 30.3 Å². The van der Waals surface area contributed by atoms with Crippen molar-refractivity contribution in [1.82, 2.24) is 10.2 Å². The van der Waals surface area contributed by atoms with E-state index in [9.17, 15) is 18.0 Å². The predicted octanol–water partition coefficient (Wildman–Crippen LogP) is 3.31. The molecule has 2 amide bonds. The van der Waals surface area contributed by atoms with Gasteiger partial charge in [-0.2, -0.15) is 0 Å². The number of anilines is 1.